The number of anilines is 1. The van der Waals surface area contributed by atoms with Crippen molar-refractivity contribution in [3.05, 3.63) is 64.5 Å². The van der Waals surface area contributed by atoms with Gasteiger partial charge in [0.15, 0.2) is 17.5 Å². The third-order valence-electron chi connectivity index (χ3n) is 4.76. The average molecular weight is 392 g/mol. The molecule has 0 atom stereocenters. The summed E-state index contributed by atoms with van der Waals surface area (Å²) in [5.74, 6) is 0.153. The molecule has 0 saturated heterocycles. The molecule has 1 heterocycles. The third-order valence-corrected chi connectivity index (χ3v) is 5.51. The summed E-state index contributed by atoms with van der Waals surface area (Å²) in [6.45, 7) is 1.35. The van der Waals surface area contributed by atoms with Gasteiger partial charge in [-0.1, -0.05) is 24.3 Å². The minimum Gasteiger partial charge on any atom is -0.484 e. The second-order valence-corrected chi connectivity index (χ2v) is 7.65. The van der Waals surface area contributed by atoms with Crippen LogP contribution in [0, 0.1) is 0 Å². The predicted molar refractivity (Wildman–Crippen MR) is 110 cm³/mol. The van der Waals surface area contributed by atoms with E-state index in [1.54, 1.807) is 24.3 Å². The van der Waals surface area contributed by atoms with E-state index in [9.17, 15) is 9.59 Å². The number of aryl methyl sites for hydroxylation is 2. The van der Waals surface area contributed by atoms with Crippen molar-refractivity contribution in [2.75, 3.05) is 11.9 Å². The highest BCUT2D eigenvalue weighted by Gasteiger charge is 2.14. The van der Waals surface area contributed by atoms with Gasteiger partial charge in [0.05, 0.1) is 5.69 Å². The topological polar surface area (TPSA) is 68.3 Å². The number of amides is 1. The Kier molecular flexibility index (Phi) is 5.21. The molecule has 0 saturated carbocycles. The van der Waals surface area contributed by atoms with E-state index in [0.29, 0.717) is 16.4 Å². The molecule has 1 aliphatic rings. The van der Waals surface area contributed by atoms with Crippen molar-refractivity contribution in [2.24, 2.45) is 0 Å². The lowest BCUT2D eigenvalue weighted by molar-refractivity contribution is -0.118. The number of ether oxygens (including phenoxy) is 1. The van der Waals surface area contributed by atoms with E-state index in [-0.39, 0.29) is 18.3 Å². The summed E-state index contributed by atoms with van der Waals surface area (Å²) < 4.78 is 5.49. The predicted octanol–water partition coefficient (Wildman–Crippen LogP) is 4.52. The normalized spacial score (nSPS) is 12.5. The van der Waals surface area contributed by atoms with Crippen LogP contribution in [0.5, 0.6) is 5.75 Å². The maximum atomic E-state index is 12.2. The molecule has 1 N–H and O–H groups in total. The molecule has 142 valence electrons. The minimum absolute atomic E-state index is 0.0447. The van der Waals surface area contributed by atoms with Crippen LogP contribution < -0.4 is 10.1 Å². The number of rotatable bonds is 6. The fourth-order valence-corrected chi connectivity index (χ4v) is 4.04. The summed E-state index contributed by atoms with van der Waals surface area (Å²) in [5.41, 5.74) is 5.33. The van der Waals surface area contributed by atoms with Gasteiger partial charge in [-0.15, -0.1) is 11.3 Å². The monoisotopic (exact) mass is 392 g/mol. The molecule has 0 radical (unpaired) electrons. The quantitative estimate of drug-likeness (QED) is 0.626. The van der Waals surface area contributed by atoms with Crippen LogP contribution in [0.2, 0.25) is 0 Å². The first kappa shape index (κ1) is 18.4. The summed E-state index contributed by atoms with van der Waals surface area (Å²) in [5, 5.41) is 5.26. The third kappa shape index (κ3) is 4.12. The number of carbonyl (C=O) groups is 2. The number of aromatic nitrogens is 1. The summed E-state index contributed by atoms with van der Waals surface area (Å²) >= 11 is 1.39. The zero-order valence-electron chi connectivity index (χ0n) is 15.5. The number of benzene rings is 2. The Balaban J connectivity index is 1.36. The molecule has 1 aliphatic carbocycles. The van der Waals surface area contributed by atoms with Gasteiger partial charge in [-0.2, -0.15) is 0 Å². The summed E-state index contributed by atoms with van der Waals surface area (Å²) in [6, 6.07) is 13.3. The lowest BCUT2D eigenvalue weighted by Crippen LogP contribution is -2.20. The molecule has 0 spiro atoms. The smallest absolute Gasteiger partial charge is 0.264 e. The highest BCUT2D eigenvalue weighted by molar-refractivity contribution is 7.14. The number of nitrogens with zero attached hydrogens (tertiary/aromatic N) is 1. The number of hydrogen-bond acceptors (Lipinski definition) is 5. The molecule has 2 aromatic carbocycles. The zero-order valence-corrected chi connectivity index (χ0v) is 16.3. The van der Waals surface area contributed by atoms with Crippen molar-refractivity contribution in [1.82, 2.24) is 4.98 Å². The van der Waals surface area contributed by atoms with Crippen molar-refractivity contribution < 1.29 is 14.3 Å². The summed E-state index contributed by atoms with van der Waals surface area (Å²) in [4.78, 5) is 28.1. The van der Waals surface area contributed by atoms with Gasteiger partial charge in [-0.25, -0.2) is 4.98 Å². The number of thiazole rings is 1. The number of nitrogens with one attached hydrogen (secondary N) is 1. The fourth-order valence-electron chi connectivity index (χ4n) is 3.30. The van der Waals surface area contributed by atoms with Crippen LogP contribution in [-0.2, 0) is 17.6 Å². The highest BCUT2D eigenvalue weighted by atomic mass is 32.1. The second-order valence-electron chi connectivity index (χ2n) is 6.80. The Morgan fingerprint density at radius 2 is 2.00 bits per heavy atom. The molecule has 5 nitrogen and oxygen atoms in total. The van der Waals surface area contributed by atoms with E-state index < -0.39 is 0 Å². The number of carbonyl (C=O) groups excluding carboxylic acids is 2. The average Bonchev–Trinajstić information content (AvgIpc) is 3.35. The molecule has 0 unspecified atom stereocenters. The van der Waals surface area contributed by atoms with E-state index in [0.717, 1.165) is 24.1 Å². The van der Waals surface area contributed by atoms with Crippen LogP contribution in [0.1, 0.15) is 34.8 Å². The van der Waals surface area contributed by atoms with Gasteiger partial charge >= 0.3 is 0 Å². The summed E-state index contributed by atoms with van der Waals surface area (Å²) in [7, 11) is 0. The van der Waals surface area contributed by atoms with E-state index in [2.05, 4.69) is 28.5 Å². The molecule has 3 aromatic rings. The van der Waals surface area contributed by atoms with Crippen molar-refractivity contribution in [1.29, 1.82) is 0 Å². The second kappa shape index (κ2) is 7.94. The van der Waals surface area contributed by atoms with Gasteiger partial charge in [0, 0.05) is 16.5 Å². The first-order valence-corrected chi connectivity index (χ1v) is 10.1. The van der Waals surface area contributed by atoms with Gasteiger partial charge < -0.3 is 4.74 Å². The summed E-state index contributed by atoms with van der Waals surface area (Å²) in [6.07, 6.45) is 3.49. The lowest BCUT2D eigenvalue weighted by Gasteiger charge is -2.06. The molecule has 0 aliphatic heterocycles. The fraction of sp³-hybridized carbons (Fsp3) is 0.227. The number of hydrogen-bond donors (Lipinski definition) is 1. The number of Topliss-reactive ketones (excluding diaryl/α,β-unsaturated/α-hetero) is 1. The van der Waals surface area contributed by atoms with Gasteiger partial charge in [-0.05, 0) is 55.5 Å². The van der Waals surface area contributed by atoms with Gasteiger partial charge in [-0.3, -0.25) is 14.9 Å². The van der Waals surface area contributed by atoms with Crippen molar-refractivity contribution in [3.63, 3.8) is 0 Å². The molecule has 0 bridgehead atoms. The van der Waals surface area contributed by atoms with Crippen LogP contribution in [0.4, 0.5) is 5.13 Å². The van der Waals surface area contributed by atoms with Crippen LogP contribution >= 0.6 is 11.3 Å². The molecule has 4 rings (SSSR count). The van der Waals surface area contributed by atoms with Crippen LogP contribution in [0.15, 0.2) is 47.8 Å². The Labute approximate surface area is 167 Å². The maximum absolute atomic E-state index is 12.2. The van der Waals surface area contributed by atoms with Crippen molar-refractivity contribution in [3.8, 4) is 17.0 Å². The van der Waals surface area contributed by atoms with Gasteiger partial charge in [0.1, 0.15) is 5.75 Å². The van der Waals surface area contributed by atoms with E-state index in [1.807, 2.05) is 5.38 Å². The molecule has 6 heteroatoms. The molecule has 1 amide bonds. The SMILES string of the molecule is CC(=O)c1cccc(OCC(=O)Nc2nc(-c3ccc4c(c3)CCC4)cs2)c1. The zero-order chi connectivity index (χ0) is 19.5. The Hall–Kier alpha value is -2.99. The Morgan fingerprint density at radius 3 is 2.86 bits per heavy atom. The Morgan fingerprint density at radius 1 is 1.14 bits per heavy atom. The molecule has 1 aromatic heterocycles. The van der Waals surface area contributed by atoms with Crippen molar-refractivity contribution >= 4 is 28.2 Å². The first-order chi connectivity index (χ1) is 13.6. The van der Waals surface area contributed by atoms with E-state index >= 15 is 0 Å². The lowest BCUT2D eigenvalue weighted by atomic mass is 10.1. The maximum Gasteiger partial charge on any atom is 0.264 e. The minimum atomic E-state index is -0.289. The number of fused-ring (bicyclic) bond motifs is 1. The molecular formula is C22H20N2O3S. The standard InChI is InChI=1S/C22H20N2O3S/c1-14(25)16-5-3-7-19(11-16)27-12-21(26)24-22-23-20(13-28-22)18-9-8-15-4-2-6-17(15)10-18/h3,5,7-11,13H,2,4,6,12H2,1H3,(H,23,24,26). The van der Waals surface area contributed by atoms with Crippen LogP contribution in [0.25, 0.3) is 11.3 Å². The Bertz CT molecular complexity index is 1040. The number of ketones is 1. The van der Waals surface area contributed by atoms with Crippen LogP contribution in [0.3, 0.4) is 0 Å². The van der Waals surface area contributed by atoms with E-state index in [1.165, 1.54) is 35.8 Å². The molecular weight excluding hydrogens is 372 g/mol. The van der Waals surface area contributed by atoms with Crippen LogP contribution in [-0.4, -0.2) is 23.3 Å². The van der Waals surface area contributed by atoms with Gasteiger partial charge in [0.2, 0.25) is 0 Å². The van der Waals surface area contributed by atoms with Gasteiger partial charge in [0.25, 0.3) is 5.91 Å². The largest absolute Gasteiger partial charge is 0.484 e. The molecule has 0 fully saturated rings. The molecule has 28 heavy (non-hydrogen) atoms. The van der Waals surface area contributed by atoms with E-state index in [4.69, 9.17) is 4.74 Å². The van der Waals surface area contributed by atoms with Crippen molar-refractivity contribution in [2.45, 2.75) is 26.2 Å². The first-order valence-electron chi connectivity index (χ1n) is 9.20. The highest BCUT2D eigenvalue weighted by Crippen LogP contribution is 2.30.